The van der Waals surface area contributed by atoms with Crippen molar-refractivity contribution in [3.05, 3.63) is 41.7 Å². The van der Waals surface area contributed by atoms with Gasteiger partial charge in [-0.2, -0.15) is 5.10 Å². The highest BCUT2D eigenvalue weighted by Gasteiger charge is 2.33. The van der Waals surface area contributed by atoms with Crippen LogP contribution in [-0.4, -0.2) is 53.5 Å². The molecule has 1 aromatic carbocycles. The first kappa shape index (κ1) is 18.5. The molecule has 1 aromatic heterocycles. The van der Waals surface area contributed by atoms with Crippen molar-refractivity contribution >= 4 is 5.91 Å². The Morgan fingerprint density at radius 1 is 1.27 bits per heavy atom. The van der Waals surface area contributed by atoms with Crippen LogP contribution in [-0.2, 0) is 4.74 Å². The number of nitrogens with zero attached hydrogens (tertiary/aromatic N) is 3. The van der Waals surface area contributed by atoms with Gasteiger partial charge in [0.05, 0.1) is 25.5 Å². The standard InChI is InChI=1S/C20H27N3O3/c1-14-12-17(21-23(14)15-6-8-16(25-5)9-7-15)19(24)22-10-11-26-18(13-22)20(2,3)4/h6-9,12,18H,10-11,13H2,1-5H3. The lowest BCUT2D eigenvalue weighted by atomic mass is 9.88. The average molecular weight is 357 g/mol. The number of aromatic nitrogens is 2. The maximum absolute atomic E-state index is 12.9. The molecule has 0 N–H and O–H groups in total. The van der Waals surface area contributed by atoms with Crippen molar-refractivity contribution in [3.8, 4) is 11.4 Å². The molecule has 0 bridgehead atoms. The molecule has 1 aliphatic heterocycles. The smallest absolute Gasteiger partial charge is 0.274 e. The monoisotopic (exact) mass is 357 g/mol. The van der Waals surface area contributed by atoms with Crippen LogP contribution in [0.2, 0.25) is 0 Å². The van der Waals surface area contributed by atoms with E-state index in [4.69, 9.17) is 9.47 Å². The molecule has 0 saturated carbocycles. The molecule has 0 spiro atoms. The van der Waals surface area contributed by atoms with E-state index >= 15 is 0 Å². The summed E-state index contributed by atoms with van der Waals surface area (Å²) in [5, 5.41) is 4.54. The lowest BCUT2D eigenvalue weighted by molar-refractivity contribution is -0.0707. The molecule has 1 fully saturated rings. The number of benzene rings is 1. The molecule has 1 unspecified atom stereocenters. The molecule has 26 heavy (non-hydrogen) atoms. The van der Waals surface area contributed by atoms with Crippen molar-refractivity contribution < 1.29 is 14.3 Å². The summed E-state index contributed by atoms with van der Waals surface area (Å²) in [7, 11) is 1.64. The Bertz CT molecular complexity index is 775. The SMILES string of the molecule is COc1ccc(-n2nc(C(=O)N3CCOC(C(C)(C)C)C3)cc2C)cc1. The van der Waals surface area contributed by atoms with Crippen LogP contribution < -0.4 is 4.74 Å². The summed E-state index contributed by atoms with van der Waals surface area (Å²) in [5.41, 5.74) is 2.28. The highest BCUT2D eigenvalue weighted by molar-refractivity contribution is 5.92. The second-order valence-electron chi connectivity index (χ2n) is 7.76. The minimum atomic E-state index is -0.0436. The topological polar surface area (TPSA) is 56.6 Å². The first-order valence-corrected chi connectivity index (χ1v) is 8.91. The van der Waals surface area contributed by atoms with Crippen LogP contribution >= 0.6 is 0 Å². The van der Waals surface area contributed by atoms with Crippen molar-refractivity contribution in [2.75, 3.05) is 26.8 Å². The Morgan fingerprint density at radius 2 is 1.96 bits per heavy atom. The van der Waals surface area contributed by atoms with E-state index in [0.29, 0.717) is 25.4 Å². The van der Waals surface area contributed by atoms with Gasteiger partial charge in [0, 0.05) is 18.8 Å². The fourth-order valence-electron chi connectivity index (χ4n) is 3.08. The quantitative estimate of drug-likeness (QED) is 0.847. The number of amides is 1. The first-order valence-electron chi connectivity index (χ1n) is 8.91. The molecule has 2 heterocycles. The van der Waals surface area contributed by atoms with Gasteiger partial charge in [-0.1, -0.05) is 20.8 Å². The third-order valence-electron chi connectivity index (χ3n) is 4.74. The molecule has 1 aliphatic rings. The number of rotatable bonds is 3. The number of aryl methyl sites for hydroxylation is 1. The lowest BCUT2D eigenvalue weighted by Gasteiger charge is -2.39. The zero-order valence-electron chi connectivity index (χ0n) is 16.2. The number of morpholine rings is 1. The third-order valence-corrected chi connectivity index (χ3v) is 4.74. The van der Waals surface area contributed by atoms with Crippen molar-refractivity contribution in [2.24, 2.45) is 5.41 Å². The van der Waals surface area contributed by atoms with Gasteiger partial charge in [0.2, 0.25) is 0 Å². The molecule has 6 heteroatoms. The Morgan fingerprint density at radius 3 is 2.58 bits per heavy atom. The van der Waals surface area contributed by atoms with Gasteiger partial charge in [0.1, 0.15) is 5.75 Å². The average Bonchev–Trinajstić information content (AvgIpc) is 3.02. The van der Waals surface area contributed by atoms with Crippen LogP contribution in [0.15, 0.2) is 30.3 Å². The van der Waals surface area contributed by atoms with Crippen LogP contribution in [0.1, 0.15) is 37.0 Å². The predicted octanol–water partition coefficient (Wildman–Crippen LogP) is 3.08. The number of ether oxygens (including phenoxy) is 2. The van der Waals surface area contributed by atoms with Crippen LogP contribution in [0, 0.1) is 12.3 Å². The summed E-state index contributed by atoms with van der Waals surface area (Å²) in [4.78, 5) is 14.8. The Hall–Kier alpha value is -2.34. The largest absolute Gasteiger partial charge is 0.497 e. The van der Waals surface area contributed by atoms with E-state index in [1.165, 1.54) is 0 Å². The van der Waals surface area contributed by atoms with Gasteiger partial charge in [0.15, 0.2) is 5.69 Å². The molecule has 1 amide bonds. The van der Waals surface area contributed by atoms with Gasteiger partial charge >= 0.3 is 0 Å². The molecule has 3 rings (SSSR count). The molecule has 0 radical (unpaired) electrons. The first-order chi connectivity index (χ1) is 12.3. The van der Waals surface area contributed by atoms with Gasteiger partial charge in [-0.15, -0.1) is 0 Å². The maximum Gasteiger partial charge on any atom is 0.274 e. The highest BCUT2D eigenvalue weighted by atomic mass is 16.5. The van der Waals surface area contributed by atoms with Gasteiger partial charge in [-0.25, -0.2) is 4.68 Å². The summed E-state index contributed by atoms with van der Waals surface area (Å²) < 4.78 is 12.8. The second-order valence-corrected chi connectivity index (χ2v) is 7.76. The minimum absolute atomic E-state index is 0.00266. The molecule has 140 valence electrons. The Balaban J connectivity index is 1.80. The Labute approximate surface area is 154 Å². The van der Waals surface area contributed by atoms with Crippen LogP contribution in [0.4, 0.5) is 0 Å². The van der Waals surface area contributed by atoms with E-state index in [9.17, 15) is 4.79 Å². The van der Waals surface area contributed by atoms with E-state index in [2.05, 4.69) is 25.9 Å². The zero-order valence-corrected chi connectivity index (χ0v) is 16.2. The summed E-state index contributed by atoms with van der Waals surface area (Å²) in [6.45, 7) is 10.1. The molecular weight excluding hydrogens is 330 g/mol. The second kappa shape index (κ2) is 7.11. The fraction of sp³-hybridized carbons (Fsp3) is 0.500. The van der Waals surface area contributed by atoms with Crippen molar-refractivity contribution in [3.63, 3.8) is 0 Å². The van der Waals surface area contributed by atoms with E-state index in [0.717, 1.165) is 17.1 Å². The summed E-state index contributed by atoms with van der Waals surface area (Å²) in [6.07, 6.45) is 0.0324. The minimum Gasteiger partial charge on any atom is -0.497 e. The predicted molar refractivity (Wildman–Crippen MR) is 100.0 cm³/mol. The van der Waals surface area contributed by atoms with Gasteiger partial charge in [0.25, 0.3) is 5.91 Å². The molecule has 2 aromatic rings. The molecule has 1 saturated heterocycles. The number of carbonyl (C=O) groups is 1. The Kier molecular flexibility index (Phi) is 5.05. The van der Waals surface area contributed by atoms with Crippen LogP contribution in [0.25, 0.3) is 5.69 Å². The van der Waals surface area contributed by atoms with Crippen molar-refractivity contribution in [1.82, 2.24) is 14.7 Å². The number of methoxy groups -OCH3 is 1. The molecule has 6 nitrogen and oxygen atoms in total. The van der Waals surface area contributed by atoms with Gasteiger partial charge in [-0.3, -0.25) is 4.79 Å². The summed E-state index contributed by atoms with van der Waals surface area (Å²) >= 11 is 0. The third kappa shape index (κ3) is 3.75. The van der Waals surface area contributed by atoms with Crippen molar-refractivity contribution in [1.29, 1.82) is 0 Å². The normalized spacial score (nSPS) is 18.0. The van der Waals surface area contributed by atoms with E-state index < -0.39 is 0 Å². The van der Waals surface area contributed by atoms with E-state index in [-0.39, 0.29) is 17.4 Å². The summed E-state index contributed by atoms with van der Waals surface area (Å²) in [5.74, 6) is 0.745. The van der Waals surface area contributed by atoms with Crippen molar-refractivity contribution in [2.45, 2.75) is 33.8 Å². The molecule has 0 aliphatic carbocycles. The van der Waals surface area contributed by atoms with E-state index in [1.54, 1.807) is 11.8 Å². The number of carbonyl (C=O) groups excluding carboxylic acids is 1. The van der Waals surface area contributed by atoms with Crippen LogP contribution in [0.3, 0.4) is 0 Å². The number of hydrogen-bond acceptors (Lipinski definition) is 4. The lowest BCUT2D eigenvalue weighted by Crippen LogP contribution is -2.50. The van der Waals surface area contributed by atoms with E-state index in [1.807, 2.05) is 42.2 Å². The molecule has 1 atom stereocenters. The molecular formula is C20H27N3O3. The highest BCUT2D eigenvalue weighted by Crippen LogP contribution is 2.26. The maximum atomic E-state index is 12.9. The fourth-order valence-corrected chi connectivity index (χ4v) is 3.08. The summed E-state index contributed by atoms with van der Waals surface area (Å²) in [6, 6.07) is 9.46. The zero-order chi connectivity index (χ0) is 18.9. The van der Waals surface area contributed by atoms with Gasteiger partial charge in [-0.05, 0) is 42.7 Å². The van der Waals surface area contributed by atoms with Crippen LogP contribution in [0.5, 0.6) is 5.75 Å². The number of hydrogen-bond donors (Lipinski definition) is 0. The van der Waals surface area contributed by atoms with Gasteiger partial charge < -0.3 is 14.4 Å².